The van der Waals surface area contributed by atoms with Gasteiger partial charge >= 0.3 is 0 Å². The molecule has 1 nitrogen and oxygen atoms in total. The first kappa shape index (κ1) is 10.1. The van der Waals surface area contributed by atoms with Crippen LogP contribution in [0.25, 0.3) is 0 Å². The maximum absolute atomic E-state index is 2.85. The molecular weight excluding hydrogens is 182 g/mol. The lowest BCUT2D eigenvalue weighted by Crippen LogP contribution is -2.42. The molecule has 2 saturated carbocycles. The Bertz CT molecular complexity index is 207. The lowest BCUT2D eigenvalue weighted by atomic mass is 9.80. The van der Waals surface area contributed by atoms with Gasteiger partial charge in [0.05, 0.1) is 0 Å². The van der Waals surface area contributed by atoms with Crippen molar-refractivity contribution in [1.82, 2.24) is 4.90 Å². The molecule has 86 valence electrons. The number of rotatable bonds is 1. The summed E-state index contributed by atoms with van der Waals surface area (Å²) in [6, 6.07) is 0.996. The van der Waals surface area contributed by atoms with E-state index in [1.165, 1.54) is 51.6 Å². The van der Waals surface area contributed by atoms with Crippen molar-refractivity contribution >= 4 is 0 Å². The van der Waals surface area contributed by atoms with E-state index < -0.39 is 0 Å². The van der Waals surface area contributed by atoms with Gasteiger partial charge in [-0.2, -0.15) is 0 Å². The van der Waals surface area contributed by atoms with Crippen LogP contribution < -0.4 is 0 Å². The minimum absolute atomic E-state index is 0.996. The predicted molar refractivity (Wildman–Crippen MR) is 63.9 cm³/mol. The first-order chi connectivity index (χ1) is 7.45. The van der Waals surface area contributed by atoms with Gasteiger partial charge in [-0.05, 0) is 57.0 Å². The molecule has 1 saturated heterocycles. The molecule has 3 unspecified atom stereocenters. The van der Waals surface area contributed by atoms with Crippen LogP contribution in [0.4, 0.5) is 0 Å². The molecule has 3 rings (SSSR count). The van der Waals surface area contributed by atoms with Gasteiger partial charge in [0.25, 0.3) is 0 Å². The zero-order valence-corrected chi connectivity index (χ0v) is 9.96. The number of piperidine rings is 1. The molecule has 0 amide bonds. The summed E-state index contributed by atoms with van der Waals surface area (Å²) in [5.74, 6) is 2.21. The fourth-order valence-corrected chi connectivity index (χ4v) is 4.40. The molecule has 0 aromatic rings. The lowest BCUT2D eigenvalue weighted by Gasteiger charge is -2.38. The first-order valence-electron chi connectivity index (χ1n) is 7.19. The Labute approximate surface area is 94.2 Å². The Hall–Kier alpha value is -0.0400. The van der Waals surface area contributed by atoms with Crippen molar-refractivity contribution in [3.8, 4) is 0 Å². The molecule has 0 aromatic heterocycles. The minimum Gasteiger partial charge on any atom is -0.300 e. The Morgan fingerprint density at radius 1 is 0.667 bits per heavy atom. The lowest BCUT2D eigenvalue weighted by molar-refractivity contribution is 0.105. The van der Waals surface area contributed by atoms with Gasteiger partial charge in [-0.3, -0.25) is 0 Å². The van der Waals surface area contributed by atoms with Gasteiger partial charge in [0.15, 0.2) is 0 Å². The molecule has 0 aromatic carbocycles. The van der Waals surface area contributed by atoms with Crippen molar-refractivity contribution in [2.24, 2.45) is 11.8 Å². The maximum Gasteiger partial charge on any atom is 0.0126 e. The molecule has 1 heteroatoms. The molecule has 1 heterocycles. The van der Waals surface area contributed by atoms with E-state index in [-0.39, 0.29) is 0 Å². The number of likely N-dealkylation sites (tertiary alicyclic amines) is 1. The summed E-state index contributed by atoms with van der Waals surface area (Å²) in [6.07, 6.45) is 13.6. The van der Waals surface area contributed by atoms with Crippen LogP contribution in [0.15, 0.2) is 0 Å². The molecule has 0 N–H and O–H groups in total. The highest BCUT2D eigenvalue weighted by atomic mass is 15.2. The standard InChI is InChI=1S/C14H25N/c1-4-10-15(11-5-1)14-9-8-12-6-2-3-7-13(12)14/h12-14H,1-11H2. The molecular formula is C14H25N. The van der Waals surface area contributed by atoms with Crippen LogP contribution in [0, 0.1) is 11.8 Å². The van der Waals surface area contributed by atoms with Gasteiger partial charge in [0.2, 0.25) is 0 Å². The van der Waals surface area contributed by atoms with Crippen molar-refractivity contribution in [3.63, 3.8) is 0 Å². The van der Waals surface area contributed by atoms with Gasteiger partial charge in [-0.15, -0.1) is 0 Å². The SMILES string of the molecule is C1CCN(C2CCC3CCCCC32)CC1. The molecule has 0 bridgehead atoms. The number of hydrogen-bond donors (Lipinski definition) is 0. The third-order valence-electron chi connectivity index (χ3n) is 5.15. The van der Waals surface area contributed by atoms with E-state index >= 15 is 0 Å². The van der Waals surface area contributed by atoms with Gasteiger partial charge in [0, 0.05) is 6.04 Å². The maximum atomic E-state index is 2.85. The smallest absolute Gasteiger partial charge is 0.0126 e. The average Bonchev–Trinajstić information content (AvgIpc) is 2.74. The number of hydrogen-bond acceptors (Lipinski definition) is 1. The van der Waals surface area contributed by atoms with Crippen molar-refractivity contribution in [2.45, 2.75) is 63.8 Å². The second kappa shape index (κ2) is 4.45. The van der Waals surface area contributed by atoms with Crippen LogP contribution in [0.3, 0.4) is 0 Å². The Kier molecular flexibility index (Phi) is 3.01. The van der Waals surface area contributed by atoms with E-state index in [4.69, 9.17) is 0 Å². The molecule has 3 atom stereocenters. The second-order valence-electron chi connectivity index (χ2n) is 5.95. The van der Waals surface area contributed by atoms with Crippen LogP contribution >= 0.6 is 0 Å². The van der Waals surface area contributed by atoms with Gasteiger partial charge in [-0.25, -0.2) is 0 Å². The highest BCUT2D eigenvalue weighted by Gasteiger charge is 2.40. The predicted octanol–water partition coefficient (Wildman–Crippen LogP) is 3.44. The van der Waals surface area contributed by atoms with Crippen molar-refractivity contribution in [3.05, 3.63) is 0 Å². The van der Waals surface area contributed by atoms with E-state index in [1.807, 2.05) is 0 Å². The van der Waals surface area contributed by atoms with Gasteiger partial charge in [0.1, 0.15) is 0 Å². The normalized spacial score (nSPS) is 42.8. The third-order valence-corrected chi connectivity index (χ3v) is 5.15. The molecule has 3 aliphatic rings. The van der Waals surface area contributed by atoms with Crippen LogP contribution in [0.1, 0.15) is 57.8 Å². The summed E-state index contributed by atoms with van der Waals surface area (Å²) >= 11 is 0. The summed E-state index contributed by atoms with van der Waals surface area (Å²) in [6.45, 7) is 2.82. The van der Waals surface area contributed by atoms with E-state index in [2.05, 4.69) is 4.90 Å². The molecule has 1 aliphatic heterocycles. The zero-order chi connectivity index (χ0) is 10.1. The summed E-state index contributed by atoms with van der Waals surface area (Å²) in [4.78, 5) is 2.85. The Morgan fingerprint density at radius 2 is 1.47 bits per heavy atom. The van der Waals surface area contributed by atoms with Crippen LogP contribution in [0.5, 0.6) is 0 Å². The second-order valence-corrected chi connectivity index (χ2v) is 5.95. The summed E-state index contributed by atoms with van der Waals surface area (Å²) < 4.78 is 0. The van der Waals surface area contributed by atoms with Gasteiger partial charge in [-0.1, -0.05) is 25.7 Å². The fourth-order valence-electron chi connectivity index (χ4n) is 4.40. The molecule has 15 heavy (non-hydrogen) atoms. The highest BCUT2D eigenvalue weighted by Crippen LogP contribution is 2.44. The largest absolute Gasteiger partial charge is 0.300 e. The Balaban J connectivity index is 1.65. The van der Waals surface area contributed by atoms with Gasteiger partial charge < -0.3 is 4.90 Å². The van der Waals surface area contributed by atoms with Crippen LogP contribution in [-0.2, 0) is 0 Å². The Morgan fingerprint density at radius 3 is 2.33 bits per heavy atom. The topological polar surface area (TPSA) is 3.24 Å². The summed E-state index contributed by atoms with van der Waals surface area (Å²) in [5.41, 5.74) is 0. The average molecular weight is 207 g/mol. The zero-order valence-electron chi connectivity index (χ0n) is 9.96. The molecule has 2 aliphatic carbocycles. The fraction of sp³-hybridized carbons (Fsp3) is 1.00. The quantitative estimate of drug-likeness (QED) is 0.636. The third kappa shape index (κ3) is 1.95. The summed E-state index contributed by atoms with van der Waals surface area (Å²) in [5, 5.41) is 0. The molecule has 0 radical (unpaired) electrons. The number of fused-ring (bicyclic) bond motifs is 1. The van der Waals surface area contributed by atoms with Crippen LogP contribution in [0.2, 0.25) is 0 Å². The van der Waals surface area contributed by atoms with Crippen molar-refractivity contribution < 1.29 is 0 Å². The highest BCUT2D eigenvalue weighted by molar-refractivity contribution is 4.93. The number of nitrogens with zero attached hydrogens (tertiary/aromatic N) is 1. The van der Waals surface area contributed by atoms with Crippen LogP contribution in [-0.4, -0.2) is 24.0 Å². The first-order valence-corrected chi connectivity index (χ1v) is 7.19. The van der Waals surface area contributed by atoms with E-state index in [0.717, 1.165) is 17.9 Å². The molecule has 3 fully saturated rings. The van der Waals surface area contributed by atoms with E-state index in [1.54, 1.807) is 19.3 Å². The van der Waals surface area contributed by atoms with Crippen molar-refractivity contribution in [2.75, 3.05) is 13.1 Å². The summed E-state index contributed by atoms with van der Waals surface area (Å²) in [7, 11) is 0. The minimum atomic E-state index is 0.996. The monoisotopic (exact) mass is 207 g/mol. The van der Waals surface area contributed by atoms with E-state index in [0.29, 0.717) is 0 Å². The van der Waals surface area contributed by atoms with E-state index in [9.17, 15) is 0 Å². The van der Waals surface area contributed by atoms with Crippen molar-refractivity contribution in [1.29, 1.82) is 0 Å². The molecule has 0 spiro atoms.